The van der Waals surface area contributed by atoms with Crippen LogP contribution in [0.4, 0.5) is 10.5 Å². The maximum absolute atomic E-state index is 11.8. The van der Waals surface area contributed by atoms with E-state index in [1.165, 1.54) is 0 Å². The summed E-state index contributed by atoms with van der Waals surface area (Å²) in [6.45, 7) is 7.63. The number of aliphatic imine (C=N–C) groups is 1. The molecule has 7 nitrogen and oxygen atoms in total. The summed E-state index contributed by atoms with van der Waals surface area (Å²) < 4.78 is 1.83. The molecule has 9 heteroatoms. The Labute approximate surface area is 181 Å². The second-order valence-electron chi connectivity index (χ2n) is 6.83. The van der Waals surface area contributed by atoms with Crippen LogP contribution in [0.1, 0.15) is 32.0 Å². The average Bonchev–Trinajstić information content (AvgIpc) is 2.91. The molecule has 0 unspecified atom stereocenters. The van der Waals surface area contributed by atoms with Gasteiger partial charge in [0, 0.05) is 31.0 Å². The van der Waals surface area contributed by atoms with Gasteiger partial charge in [-0.1, -0.05) is 35.3 Å². The maximum atomic E-state index is 11.8. The number of anilines is 1. The summed E-state index contributed by atoms with van der Waals surface area (Å²) in [4.78, 5) is 16.4. The topological polar surface area (TPSA) is 82.5 Å². The van der Waals surface area contributed by atoms with Crippen molar-refractivity contribution >= 4 is 40.9 Å². The zero-order valence-corrected chi connectivity index (χ0v) is 18.7. The molecule has 158 valence electrons. The third kappa shape index (κ3) is 7.18. The van der Waals surface area contributed by atoms with Crippen LogP contribution in [0.25, 0.3) is 0 Å². The minimum atomic E-state index is -0.217. The number of rotatable bonds is 7. The number of carbonyl (C=O) groups is 1. The molecule has 0 bridgehead atoms. The van der Waals surface area contributed by atoms with E-state index in [1.54, 1.807) is 0 Å². The van der Waals surface area contributed by atoms with E-state index in [4.69, 9.17) is 23.2 Å². The van der Waals surface area contributed by atoms with E-state index >= 15 is 0 Å². The molecule has 1 heterocycles. The molecule has 0 saturated carbocycles. The predicted molar refractivity (Wildman–Crippen MR) is 121 cm³/mol. The monoisotopic (exact) mass is 438 g/mol. The van der Waals surface area contributed by atoms with Gasteiger partial charge in [-0.25, -0.2) is 9.79 Å². The highest BCUT2D eigenvalue weighted by Gasteiger charge is 2.09. The molecule has 0 spiro atoms. The summed E-state index contributed by atoms with van der Waals surface area (Å²) in [5.74, 6) is 0.694. The standard InChI is InChI=1S/C20H28Cl2N6O/c1-5-23-19(25-12-16-10-17(21)18(22)28(16)4)24-11-14-6-8-15(9-7-14)27-20(29)26-13(2)3/h6-10,13H,5,11-12H2,1-4H3,(H2,23,24,25)(H2,26,27,29). The zero-order valence-electron chi connectivity index (χ0n) is 17.1. The number of nitrogens with one attached hydrogen (secondary N) is 4. The highest BCUT2D eigenvalue weighted by Crippen LogP contribution is 2.24. The highest BCUT2D eigenvalue weighted by molar-refractivity contribution is 6.41. The quantitative estimate of drug-likeness (QED) is 0.387. The van der Waals surface area contributed by atoms with Gasteiger partial charge in [-0.3, -0.25) is 0 Å². The van der Waals surface area contributed by atoms with Crippen LogP contribution in [-0.2, 0) is 20.1 Å². The summed E-state index contributed by atoms with van der Waals surface area (Å²) >= 11 is 12.2. The summed E-state index contributed by atoms with van der Waals surface area (Å²) in [6.07, 6.45) is 0. The second kappa shape index (κ2) is 11.0. The fraction of sp³-hybridized carbons (Fsp3) is 0.400. The average molecular weight is 439 g/mol. The van der Waals surface area contributed by atoms with Crippen molar-refractivity contribution in [1.82, 2.24) is 20.5 Å². The molecule has 4 N–H and O–H groups in total. The number of benzene rings is 1. The molecule has 0 aliphatic heterocycles. The summed E-state index contributed by atoms with van der Waals surface area (Å²) in [5, 5.41) is 13.1. The smallest absolute Gasteiger partial charge is 0.319 e. The van der Waals surface area contributed by atoms with E-state index in [0.717, 1.165) is 23.5 Å². The molecule has 1 aromatic heterocycles. The number of urea groups is 1. The van der Waals surface area contributed by atoms with Crippen molar-refractivity contribution < 1.29 is 4.79 Å². The Morgan fingerprint density at radius 2 is 1.86 bits per heavy atom. The second-order valence-corrected chi connectivity index (χ2v) is 7.60. The lowest BCUT2D eigenvalue weighted by molar-refractivity contribution is 0.250. The van der Waals surface area contributed by atoms with Gasteiger partial charge in [0.05, 0.1) is 18.1 Å². The molecule has 2 aromatic rings. The lowest BCUT2D eigenvalue weighted by Gasteiger charge is -2.12. The van der Waals surface area contributed by atoms with Gasteiger partial charge in [-0.15, -0.1) is 0 Å². The van der Waals surface area contributed by atoms with Gasteiger partial charge in [0.2, 0.25) is 0 Å². The summed E-state index contributed by atoms with van der Waals surface area (Å²) in [6, 6.07) is 9.30. The Kier molecular flexibility index (Phi) is 8.67. The molecule has 0 atom stereocenters. The first kappa shape index (κ1) is 22.9. The van der Waals surface area contributed by atoms with Crippen LogP contribution in [0.3, 0.4) is 0 Å². The minimum Gasteiger partial charge on any atom is -0.357 e. The molecule has 1 aromatic carbocycles. The Bertz CT molecular complexity index is 845. The molecule has 0 aliphatic rings. The molecule has 0 radical (unpaired) electrons. The maximum Gasteiger partial charge on any atom is 0.319 e. The van der Waals surface area contributed by atoms with Crippen molar-refractivity contribution in [2.45, 2.75) is 39.9 Å². The number of aromatic nitrogens is 1. The fourth-order valence-electron chi connectivity index (χ4n) is 2.57. The molecule has 0 saturated heterocycles. The first-order valence-electron chi connectivity index (χ1n) is 9.48. The Morgan fingerprint density at radius 1 is 1.17 bits per heavy atom. The van der Waals surface area contributed by atoms with E-state index in [2.05, 4.69) is 26.3 Å². The Balaban J connectivity index is 1.95. The summed E-state index contributed by atoms with van der Waals surface area (Å²) in [5.41, 5.74) is 2.72. The van der Waals surface area contributed by atoms with Crippen molar-refractivity contribution in [2.75, 3.05) is 11.9 Å². The molecule has 2 amide bonds. The minimum absolute atomic E-state index is 0.0863. The fourth-order valence-corrected chi connectivity index (χ4v) is 2.98. The lowest BCUT2D eigenvalue weighted by atomic mass is 10.2. The van der Waals surface area contributed by atoms with Crippen LogP contribution < -0.4 is 21.3 Å². The predicted octanol–water partition coefficient (Wildman–Crippen LogP) is 4.12. The molecule has 0 aliphatic carbocycles. The van der Waals surface area contributed by atoms with Gasteiger partial charge in [0.1, 0.15) is 5.15 Å². The number of guanidine groups is 1. The zero-order chi connectivity index (χ0) is 21.4. The van der Waals surface area contributed by atoms with E-state index < -0.39 is 0 Å². The van der Waals surface area contributed by atoms with Crippen LogP contribution in [0.15, 0.2) is 35.3 Å². The lowest BCUT2D eigenvalue weighted by Crippen LogP contribution is -2.37. The molecule has 0 fully saturated rings. The van der Waals surface area contributed by atoms with Crippen molar-refractivity contribution in [1.29, 1.82) is 0 Å². The number of hydrogen-bond donors (Lipinski definition) is 4. The first-order chi connectivity index (χ1) is 13.8. The Morgan fingerprint density at radius 3 is 2.41 bits per heavy atom. The van der Waals surface area contributed by atoms with Crippen molar-refractivity contribution in [3.8, 4) is 0 Å². The van der Waals surface area contributed by atoms with Crippen molar-refractivity contribution in [2.24, 2.45) is 12.0 Å². The molecular formula is C20H28Cl2N6O. The van der Waals surface area contributed by atoms with E-state index in [1.807, 2.05) is 62.7 Å². The number of amides is 2. The van der Waals surface area contributed by atoms with Crippen LogP contribution >= 0.6 is 23.2 Å². The van der Waals surface area contributed by atoms with Gasteiger partial charge in [0.25, 0.3) is 0 Å². The van der Waals surface area contributed by atoms with Gasteiger partial charge in [0.15, 0.2) is 5.96 Å². The van der Waals surface area contributed by atoms with Crippen molar-refractivity contribution in [3.63, 3.8) is 0 Å². The molecular weight excluding hydrogens is 411 g/mol. The van der Waals surface area contributed by atoms with Gasteiger partial charge < -0.3 is 25.8 Å². The molecule has 2 rings (SSSR count). The highest BCUT2D eigenvalue weighted by atomic mass is 35.5. The number of halogens is 2. The summed E-state index contributed by atoms with van der Waals surface area (Å²) in [7, 11) is 1.87. The molecule has 29 heavy (non-hydrogen) atoms. The number of nitrogens with zero attached hydrogens (tertiary/aromatic N) is 2. The van der Waals surface area contributed by atoms with Crippen LogP contribution in [-0.4, -0.2) is 29.1 Å². The normalized spacial score (nSPS) is 11.5. The van der Waals surface area contributed by atoms with Gasteiger partial charge in [-0.2, -0.15) is 0 Å². The van der Waals surface area contributed by atoms with Crippen LogP contribution in [0.2, 0.25) is 10.2 Å². The third-order valence-electron chi connectivity index (χ3n) is 4.05. The van der Waals surface area contributed by atoms with Gasteiger partial charge in [-0.05, 0) is 44.5 Å². The number of hydrogen-bond acceptors (Lipinski definition) is 2. The SMILES string of the molecule is CCNC(=NCc1ccc(NC(=O)NC(C)C)cc1)NCc1cc(Cl)c(Cl)n1C. The Hall–Kier alpha value is -2.38. The largest absolute Gasteiger partial charge is 0.357 e. The third-order valence-corrected chi connectivity index (χ3v) is 4.89. The van der Waals surface area contributed by atoms with Gasteiger partial charge >= 0.3 is 6.03 Å². The van der Waals surface area contributed by atoms with Crippen LogP contribution in [0.5, 0.6) is 0 Å². The van der Waals surface area contributed by atoms with E-state index in [0.29, 0.717) is 29.2 Å². The van der Waals surface area contributed by atoms with E-state index in [9.17, 15) is 4.79 Å². The van der Waals surface area contributed by atoms with Crippen molar-refractivity contribution in [3.05, 3.63) is 51.8 Å². The first-order valence-corrected chi connectivity index (χ1v) is 10.2. The van der Waals surface area contributed by atoms with E-state index in [-0.39, 0.29) is 12.1 Å². The van der Waals surface area contributed by atoms with Crippen LogP contribution in [0, 0.1) is 0 Å². The number of carbonyl (C=O) groups excluding carboxylic acids is 1.